The molecule has 1 amide bonds. The van der Waals surface area contributed by atoms with E-state index in [1.54, 1.807) is 18.2 Å². The number of carbonyl (C=O) groups is 1. The summed E-state index contributed by atoms with van der Waals surface area (Å²) in [5.74, 6) is 0.891. The van der Waals surface area contributed by atoms with E-state index in [-0.39, 0.29) is 36.0 Å². The van der Waals surface area contributed by atoms with Gasteiger partial charge in [-0.2, -0.15) is 4.98 Å². The second kappa shape index (κ2) is 8.83. The van der Waals surface area contributed by atoms with Gasteiger partial charge in [-0.05, 0) is 49.1 Å². The molecular weight excluding hydrogens is 396 g/mol. The Kier molecular flexibility index (Phi) is 5.79. The van der Waals surface area contributed by atoms with Gasteiger partial charge in [0, 0.05) is 18.4 Å². The molecule has 0 unspecified atom stereocenters. The summed E-state index contributed by atoms with van der Waals surface area (Å²) in [6.45, 7) is 4.35. The number of H-pyrrole nitrogens is 1. The molecule has 0 aliphatic carbocycles. The van der Waals surface area contributed by atoms with Crippen LogP contribution in [0, 0.1) is 6.92 Å². The number of aromatic nitrogens is 3. The van der Waals surface area contributed by atoms with Crippen molar-refractivity contribution in [2.45, 2.75) is 26.7 Å². The molecule has 0 atom stereocenters. The number of aromatic amines is 1. The van der Waals surface area contributed by atoms with E-state index in [0.29, 0.717) is 23.6 Å². The number of hydrogen-bond donors (Lipinski definition) is 2. The molecule has 0 spiro atoms. The van der Waals surface area contributed by atoms with Gasteiger partial charge in [-0.25, -0.2) is 0 Å². The first-order chi connectivity index (χ1) is 15.0. The maximum atomic E-state index is 12.5. The summed E-state index contributed by atoms with van der Waals surface area (Å²) in [7, 11) is 0. The number of pyridine rings is 1. The standard InChI is InChI=1S/C23H22N4O4/c1-3-30-19-7-5-4-6-17(19)24-20(28)10-11-21-26-22(27-31-21)16-13-15-9-8-14(2)12-18(15)25-23(16)29/h4-9,12-13H,3,10-11H2,1-2H3,(H,24,28)(H,25,29). The summed E-state index contributed by atoms with van der Waals surface area (Å²) in [6.07, 6.45) is 0.399. The number of benzene rings is 2. The van der Waals surface area contributed by atoms with E-state index >= 15 is 0 Å². The average molecular weight is 418 g/mol. The zero-order valence-corrected chi connectivity index (χ0v) is 17.3. The summed E-state index contributed by atoms with van der Waals surface area (Å²) in [6, 6.07) is 14.8. The number of rotatable bonds is 7. The predicted octanol–water partition coefficient (Wildman–Crippen LogP) is 3.86. The van der Waals surface area contributed by atoms with Crippen molar-refractivity contribution in [1.82, 2.24) is 15.1 Å². The fourth-order valence-corrected chi connectivity index (χ4v) is 3.23. The highest BCUT2D eigenvalue weighted by atomic mass is 16.5. The number of fused-ring (bicyclic) bond motifs is 1. The van der Waals surface area contributed by atoms with Crippen LogP contribution < -0.4 is 15.6 Å². The quantitative estimate of drug-likeness (QED) is 0.472. The molecule has 0 aliphatic rings. The maximum Gasteiger partial charge on any atom is 0.259 e. The molecule has 31 heavy (non-hydrogen) atoms. The van der Waals surface area contributed by atoms with Crippen LogP contribution in [0.25, 0.3) is 22.3 Å². The molecule has 4 aromatic rings. The van der Waals surface area contributed by atoms with Gasteiger partial charge in [-0.1, -0.05) is 29.4 Å². The molecule has 0 aliphatic heterocycles. The first-order valence-corrected chi connectivity index (χ1v) is 10.0. The number of carbonyl (C=O) groups excluding carboxylic acids is 1. The minimum absolute atomic E-state index is 0.148. The van der Waals surface area contributed by atoms with Crippen LogP contribution in [0.4, 0.5) is 5.69 Å². The van der Waals surface area contributed by atoms with Crippen molar-refractivity contribution in [2.75, 3.05) is 11.9 Å². The van der Waals surface area contributed by atoms with Crippen LogP contribution in [0.3, 0.4) is 0 Å². The lowest BCUT2D eigenvalue weighted by molar-refractivity contribution is -0.116. The third kappa shape index (κ3) is 4.63. The van der Waals surface area contributed by atoms with Crippen LogP contribution in [-0.2, 0) is 11.2 Å². The minimum atomic E-state index is -0.296. The van der Waals surface area contributed by atoms with E-state index in [0.717, 1.165) is 16.5 Å². The number of nitrogens with one attached hydrogen (secondary N) is 2. The first-order valence-electron chi connectivity index (χ1n) is 10.0. The Morgan fingerprint density at radius 1 is 1.19 bits per heavy atom. The van der Waals surface area contributed by atoms with Crippen molar-refractivity contribution in [3.63, 3.8) is 0 Å². The minimum Gasteiger partial charge on any atom is -0.492 e. The monoisotopic (exact) mass is 418 g/mol. The number of para-hydroxylation sites is 2. The van der Waals surface area contributed by atoms with Gasteiger partial charge in [-0.15, -0.1) is 0 Å². The Morgan fingerprint density at radius 3 is 2.87 bits per heavy atom. The zero-order valence-electron chi connectivity index (χ0n) is 17.3. The molecule has 0 saturated carbocycles. The summed E-state index contributed by atoms with van der Waals surface area (Å²) >= 11 is 0. The van der Waals surface area contributed by atoms with E-state index in [9.17, 15) is 9.59 Å². The predicted molar refractivity (Wildman–Crippen MR) is 117 cm³/mol. The van der Waals surface area contributed by atoms with E-state index in [1.807, 2.05) is 44.2 Å². The number of anilines is 1. The lowest BCUT2D eigenvalue weighted by Gasteiger charge is -2.10. The maximum absolute atomic E-state index is 12.5. The molecule has 0 saturated heterocycles. The average Bonchev–Trinajstić information content (AvgIpc) is 3.22. The lowest BCUT2D eigenvalue weighted by Crippen LogP contribution is -2.13. The first kappa shape index (κ1) is 20.3. The number of ether oxygens (including phenoxy) is 1. The number of aryl methyl sites for hydroxylation is 2. The summed E-state index contributed by atoms with van der Waals surface area (Å²) < 4.78 is 10.8. The fourth-order valence-electron chi connectivity index (χ4n) is 3.23. The number of amides is 1. The van der Waals surface area contributed by atoms with Crippen molar-refractivity contribution in [2.24, 2.45) is 0 Å². The number of nitrogens with zero attached hydrogens (tertiary/aromatic N) is 2. The van der Waals surface area contributed by atoms with Gasteiger partial charge in [0.05, 0.1) is 17.9 Å². The van der Waals surface area contributed by atoms with Gasteiger partial charge in [0.2, 0.25) is 17.6 Å². The van der Waals surface area contributed by atoms with Gasteiger partial charge >= 0.3 is 0 Å². The lowest BCUT2D eigenvalue weighted by atomic mass is 10.1. The summed E-state index contributed by atoms with van der Waals surface area (Å²) in [5.41, 5.74) is 2.44. The van der Waals surface area contributed by atoms with Crippen LogP contribution in [-0.4, -0.2) is 27.6 Å². The topological polar surface area (TPSA) is 110 Å². The van der Waals surface area contributed by atoms with Crippen molar-refractivity contribution < 1.29 is 14.1 Å². The highest BCUT2D eigenvalue weighted by molar-refractivity contribution is 5.92. The molecule has 2 heterocycles. The van der Waals surface area contributed by atoms with Crippen molar-refractivity contribution in [1.29, 1.82) is 0 Å². The molecule has 4 rings (SSSR count). The molecule has 0 bridgehead atoms. The largest absolute Gasteiger partial charge is 0.492 e. The van der Waals surface area contributed by atoms with Crippen LogP contribution in [0.1, 0.15) is 24.8 Å². The molecule has 2 aromatic heterocycles. The highest BCUT2D eigenvalue weighted by Gasteiger charge is 2.15. The van der Waals surface area contributed by atoms with Crippen LogP contribution in [0.2, 0.25) is 0 Å². The summed E-state index contributed by atoms with van der Waals surface area (Å²) in [4.78, 5) is 31.9. The number of hydrogen-bond acceptors (Lipinski definition) is 6. The van der Waals surface area contributed by atoms with E-state index in [2.05, 4.69) is 20.4 Å². The Bertz CT molecular complexity index is 1290. The highest BCUT2D eigenvalue weighted by Crippen LogP contribution is 2.24. The molecule has 8 nitrogen and oxygen atoms in total. The van der Waals surface area contributed by atoms with Crippen LogP contribution >= 0.6 is 0 Å². The van der Waals surface area contributed by atoms with Gasteiger partial charge in [-0.3, -0.25) is 9.59 Å². The smallest absolute Gasteiger partial charge is 0.259 e. The van der Waals surface area contributed by atoms with Gasteiger partial charge in [0.1, 0.15) is 5.75 Å². The van der Waals surface area contributed by atoms with Crippen molar-refractivity contribution >= 4 is 22.5 Å². The van der Waals surface area contributed by atoms with Gasteiger partial charge in [0.25, 0.3) is 5.56 Å². The normalized spacial score (nSPS) is 10.9. The van der Waals surface area contributed by atoms with E-state index in [1.165, 1.54) is 0 Å². The molecule has 0 fully saturated rings. The molecule has 0 radical (unpaired) electrons. The van der Waals surface area contributed by atoms with E-state index < -0.39 is 0 Å². The molecule has 8 heteroatoms. The molecule has 158 valence electrons. The fraction of sp³-hybridized carbons (Fsp3) is 0.217. The third-order valence-electron chi connectivity index (χ3n) is 4.74. The summed E-state index contributed by atoms with van der Waals surface area (Å²) in [5, 5.41) is 7.62. The SMILES string of the molecule is CCOc1ccccc1NC(=O)CCc1nc(-c2cc3ccc(C)cc3[nH]c2=O)no1. The third-order valence-corrected chi connectivity index (χ3v) is 4.74. The molecular formula is C23H22N4O4. The second-order valence-corrected chi connectivity index (χ2v) is 7.09. The molecule has 2 N–H and O–H groups in total. The second-order valence-electron chi connectivity index (χ2n) is 7.09. The zero-order chi connectivity index (χ0) is 21.8. The van der Waals surface area contributed by atoms with Gasteiger partial charge in [0.15, 0.2) is 0 Å². The Morgan fingerprint density at radius 2 is 2.03 bits per heavy atom. The van der Waals surface area contributed by atoms with Gasteiger partial charge < -0.3 is 19.6 Å². The van der Waals surface area contributed by atoms with Crippen molar-refractivity contribution in [3.8, 4) is 17.1 Å². The Labute approximate surface area is 178 Å². The molecule has 2 aromatic carbocycles. The Balaban J connectivity index is 1.45. The van der Waals surface area contributed by atoms with E-state index in [4.69, 9.17) is 9.26 Å². The van der Waals surface area contributed by atoms with Crippen LogP contribution in [0.15, 0.2) is 57.8 Å². The Hall–Kier alpha value is -3.94. The van der Waals surface area contributed by atoms with Crippen LogP contribution in [0.5, 0.6) is 5.75 Å². The van der Waals surface area contributed by atoms with Crippen molar-refractivity contribution in [3.05, 3.63) is 70.3 Å².